The summed E-state index contributed by atoms with van der Waals surface area (Å²) < 4.78 is 0. The Balaban J connectivity index is 1.41. The van der Waals surface area contributed by atoms with E-state index in [1.807, 2.05) is 54.6 Å². The summed E-state index contributed by atoms with van der Waals surface area (Å²) in [6.07, 6.45) is 3.82. The van der Waals surface area contributed by atoms with Crippen LogP contribution >= 0.6 is 0 Å². The fraction of sp³-hybridized carbons (Fsp3) is 0.136. The second-order valence-corrected chi connectivity index (χ2v) is 6.04. The average molecular weight is 359 g/mol. The third-order valence-electron chi connectivity index (χ3n) is 4.12. The van der Waals surface area contributed by atoms with E-state index in [-0.39, 0.29) is 11.8 Å². The third kappa shape index (κ3) is 5.25. The summed E-state index contributed by atoms with van der Waals surface area (Å²) in [5.41, 5.74) is 3.39. The summed E-state index contributed by atoms with van der Waals surface area (Å²) in [6, 6.07) is 20.9. The molecule has 2 aromatic carbocycles. The van der Waals surface area contributed by atoms with Gasteiger partial charge in [-0.2, -0.15) is 0 Å². The second kappa shape index (κ2) is 9.29. The normalized spacial score (nSPS) is 10.2. The summed E-state index contributed by atoms with van der Waals surface area (Å²) >= 11 is 0. The molecule has 0 aliphatic rings. The van der Waals surface area contributed by atoms with Gasteiger partial charge in [-0.15, -0.1) is 0 Å². The molecule has 0 fully saturated rings. The number of carbonyl (C=O) groups is 2. The number of hydrogen-bond acceptors (Lipinski definition) is 3. The maximum Gasteiger partial charge on any atom is 0.251 e. The van der Waals surface area contributed by atoms with Crippen LogP contribution in [0.5, 0.6) is 0 Å². The van der Waals surface area contributed by atoms with Crippen LogP contribution in [0.3, 0.4) is 0 Å². The van der Waals surface area contributed by atoms with E-state index >= 15 is 0 Å². The van der Waals surface area contributed by atoms with E-state index in [1.54, 1.807) is 24.5 Å². The molecule has 2 N–H and O–H groups in total. The number of nitrogens with one attached hydrogen (secondary N) is 2. The van der Waals surface area contributed by atoms with Crippen LogP contribution in [-0.4, -0.2) is 29.9 Å². The minimum absolute atomic E-state index is 0.116. The molecule has 0 bridgehead atoms. The molecular weight excluding hydrogens is 338 g/mol. The minimum atomic E-state index is -0.139. The van der Waals surface area contributed by atoms with Crippen LogP contribution in [0, 0.1) is 0 Å². The molecule has 5 heteroatoms. The van der Waals surface area contributed by atoms with Crippen molar-refractivity contribution < 1.29 is 9.59 Å². The zero-order chi connectivity index (χ0) is 18.9. The van der Waals surface area contributed by atoms with E-state index in [9.17, 15) is 9.59 Å². The highest BCUT2D eigenvalue weighted by Crippen LogP contribution is 2.19. The fourth-order valence-corrected chi connectivity index (χ4v) is 2.64. The van der Waals surface area contributed by atoms with Crippen molar-refractivity contribution in [2.24, 2.45) is 0 Å². The maximum atomic E-state index is 12.2. The SMILES string of the molecule is O=C(NCCCNC(=O)c1ccc(-c2ccccc2)cc1)c1ccncc1. The number of amides is 2. The summed E-state index contributed by atoms with van der Waals surface area (Å²) in [7, 11) is 0. The van der Waals surface area contributed by atoms with Gasteiger partial charge in [-0.1, -0.05) is 42.5 Å². The lowest BCUT2D eigenvalue weighted by molar-refractivity contribution is 0.0951. The van der Waals surface area contributed by atoms with Gasteiger partial charge in [0.2, 0.25) is 0 Å². The average Bonchev–Trinajstić information content (AvgIpc) is 2.74. The van der Waals surface area contributed by atoms with Crippen molar-refractivity contribution in [1.29, 1.82) is 0 Å². The zero-order valence-electron chi connectivity index (χ0n) is 14.9. The van der Waals surface area contributed by atoms with Gasteiger partial charge in [0, 0.05) is 36.6 Å². The van der Waals surface area contributed by atoms with Crippen molar-refractivity contribution in [3.05, 3.63) is 90.3 Å². The summed E-state index contributed by atoms with van der Waals surface area (Å²) in [5.74, 6) is -0.254. The molecule has 3 aromatic rings. The van der Waals surface area contributed by atoms with Crippen LogP contribution in [0.25, 0.3) is 11.1 Å². The van der Waals surface area contributed by atoms with E-state index in [2.05, 4.69) is 15.6 Å². The standard InChI is InChI=1S/C22H21N3O2/c26-21(19-9-7-18(8-10-19)17-5-2-1-3-6-17)24-13-4-14-25-22(27)20-11-15-23-16-12-20/h1-3,5-12,15-16H,4,13-14H2,(H,24,26)(H,25,27). The van der Waals surface area contributed by atoms with Crippen molar-refractivity contribution in [2.45, 2.75) is 6.42 Å². The number of rotatable bonds is 7. The van der Waals surface area contributed by atoms with E-state index in [1.165, 1.54) is 0 Å². The Morgan fingerprint density at radius 2 is 1.19 bits per heavy atom. The van der Waals surface area contributed by atoms with E-state index in [0.717, 1.165) is 11.1 Å². The summed E-state index contributed by atoms with van der Waals surface area (Å²) in [5, 5.41) is 5.69. The lowest BCUT2D eigenvalue weighted by Gasteiger charge is -2.08. The van der Waals surface area contributed by atoms with Gasteiger partial charge < -0.3 is 10.6 Å². The number of aromatic nitrogens is 1. The molecule has 136 valence electrons. The number of nitrogens with zero attached hydrogens (tertiary/aromatic N) is 1. The predicted molar refractivity (Wildman–Crippen MR) is 105 cm³/mol. The fourth-order valence-electron chi connectivity index (χ4n) is 2.64. The molecule has 0 spiro atoms. The first-order valence-corrected chi connectivity index (χ1v) is 8.86. The molecule has 0 atom stereocenters. The number of pyridine rings is 1. The highest BCUT2D eigenvalue weighted by Gasteiger charge is 2.06. The first-order chi connectivity index (χ1) is 13.2. The Morgan fingerprint density at radius 1 is 0.667 bits per heavy atom. The van der Waals surface area contributed by atoms with Crippen molar-refractivity contribution >= 4 is 11.8 Å². The summed E-state index contributed by atoms with van der Waals surface area (Å²) in [4.78, 5) is 28.0. The molecule has 0 saturated heterocycles. The quantitative estimate of drug-likeness (QED) is 0.636. The minimum Gasteiger partial charge on any atom is -0.352 e. The Morgan fingerprint density at radius 3 is 1.78 bits per heavy atom. The third-order valence-corrected chi connectivity index (χ3v) is 4.12. The number of benzene rings is 2. The molecular formula is C22H21N3O2. The highest BCUT2D eigenvalue weighted by atomic mass is 16.2. The lowest BCUT2D eigenvalue weighted by atomic mass is 10.0. The van der Waals surface area contributed by atoms with Crippen LogP contribution in [0.4, 0.5) is 0 Å². The van der Waals surface area contributed by atoms with Gasteiger partial charge in [-0.3, -0.25) is 14.6 Å². The van der Waals surface area contributed by atoms with Crippen LogP contribution in [-0.2, 0) is 0 Å². The van der Waals surface area contributed by atoms with Crippen LogP contribution in [0.15, 0.2) is 79.1 Å². The molecule has 0 aliphatic carbocycles. The van der Waals surface area contributed by atoms with Gasteiger partial charge in [0.1, 0.15) is 0 Å². The van der Waals surface area contributed by atoms with Crippen molar-refractivity contribution in [2.75, 3.05) is 13.1 Å². The van der Waals surface area contributed by atoms with Gasteiger partial charge in [0.05, 0.1) is 0 Å². The molecule has 0 radical (unpaired) electrons. The predicted octanol–water partition coefficient (Wildman–Crippen LogP) is 3.30. The first-order valence-electron chi connectivity index (χ1n) is 8.86. The van der Waals surface area contributed by atoms with Gasteiger partial charge in [-0.25, -0.2) is 0 Å². The lowest BCUT2D eigenvalue weighted by Crippen LogP contribution is -2.29. The second-order valence-electron chi connectivity index (χ2n) is 6.04. The zero-order valence-corrected chi connectivity index (χ0v) is 14.9. The first kappa shape index (κ1) is 18.3. The molecule has 3 rings (SSSR count). The monoisotopic (exact) mass is 359 g/mol. The highest BCUT2D eigenvalue weighted by molar-refractivity contribution is 5.95. The molecule has 0 aliphatic heterocycles. The van der Waals surface area contributed by atoms with Crippen molar-refractivity contribution in [1.82, 2.24) is 15.6 Å². The number of hydrogen-bond donors (Lipinski definition) is 2. The van der Waals surface area contributed by atoms with Gasteiger partial charge in [-0.05, 0) is 41.8 Å². The smallest absolute Gasteiger partial charge is 0.251 e. The summed E-state index contributed by atoms with van der Waals surface area (Å²) in [6.45, 7) is 0.990. The van der Waals surface area contributed by atoms with Gasteiger partial charge in [0.25, 0.3) is 11.8 Å². The van der Waals surface area contributed by atoms with Crippen molar-refractivity contribution in [3.8, 4) is 11.1 Å². The molecule has 0 saturated carbocycles. The Hall–Kier alpha value is -3.47. The van der Waals surface area contributed by atoms with Gasteiger partial charge in [0.15, 0.2) is 0 Å². The number of carbonyl (C=O) groups excluding carboxylic acids is 2. The van der Waals surface area contributed by atoms with Gasteiger partial charge >= 0.3 is 0 Å². The largest absolute Gasteiger partial charge is 0.352 e. The molecule has 0 unspecified atom stereocenters. The molecule has 27 heavy (non-hydrogen) atoms. The topological polar surface area (TPSA) is 71.1 Å². The molecule has 5 nitrogen and oxygen atoms in total. The van der Waals surface area contributed by atoms with Crippen LogP contribution in [0.1, 0.15) is 27.1 Å². The van der Waals surface area contributed by atoms with Crippen molar-refractivity contribution in [3.63, 3.8) is 0 Å². The molecule has 1 heterocycles. The maximum absolute atomic E-state index is 12.2. The van der Waals surface area contributed by atoms with E-state index in [4.69, 9.17) is 0 Å². The molecule has 2 amide bonds. The Bertz CT molecular complexity index is 878. The molecule has 1 aromatic heterocycles. The van der Waals surface area contributed by atoms with E-state index < -0.39 is 0 Å². The van der Waals surface area contributed by atoms with E-state index in [0.29, 0.717) is 30.6 Å². The van der Waals surface area contributed by atoms with Crippen LogP contribution in [0.2, 0.25) is 0 Å². The van der Waals surface area contributed by atoms with Crippen LogP contribution < -0.4 is 10.6 Å². The Labute approximate surface area is 158 Å². The Kier molecular flexibility index (Phi) is 6.30.